The van der Waals surface area contributed by atoms with Gasteiger partial charge in [-0.3, -0.25) is 0 Å². The van der Waals surface area contributed by atoms with Crippen LogP contribution < -0.4 is 0 Å². The molecule has 1 aliphatic heterocycles. The predicted octanol–water partition coefficient (Wildman–Crippen LogP) is -0.620. The minimum atomic E-state index is -0.943. The lowest BCUT2D eigenvalue weighted by Gasteiger charge is -2.38. The van der Waals surface area contributed by atoms with Gasteiger partial charge >= 0.3 is 0 Å². The van der Waals surface area contributed by atoms with Gasteiger partial charge < -0.3 is 24.1 Å². The molecule has 2 unspecified atom stereocenters. The van der Waals surface area contributed by atoms with Crippen molar-refractivity contribution in [2.45, 2.75) is 24.6 Å². The molecule has 1 fully saturated rings. The average molecular weight is 192 g/mol. The van der Waals surface area contributed by atoms with E-state index >= 15 is 0 Å². The highest BCUT2D eigenvalue weighted by Crippen LogP contribution is 2.20. The lowest BCUT2D eigenvalue weighted by Crippen LogP contribution is -2.55. The molecular formula is C8H16O5. The zero-order chi connectivity index (χ0) is 9.84. The lowest BCUT2D eigenvalue weighted by molar-refractivity contribution is -0.267. The lowest BCUT2D eigenvalue weighted by atomic mass is 10.1. The Morgan fingerprint density at radius 1 is 1.08 bits per heavy atom. The van der Waals surface area contributed by atoms with Crippen LogP contribution in [0.5, 0.6) is 0 Å². The third kappa shape index (κ3) is 2.18. The van der Waals surface area contributed by atoms with E-state index in [4.69, 9.17) is 18.9 Å². The summed E-state index contributed by atoms with van der Waals surface area (Å²) in [5.41, 5.74) is 0. The Hall–Kier alpha value is -0.200. The van der Waals surface area contributed by atoms with Crippen LogP contribution in [-0.2, 0) is 18.9 Å². The van der Waals surface area contributed by atoms with Crippen molar-refractivity contribution in [1.29, 1.82) is 0 Å². The Morgan fingerprint density at radius 3 is 2.15 bits per heavy atom. The van der Waals surface area contributed by atoms with Gasteiger partial charge in [0.2, 0.25) is 0 Å². The van der Waals surface area contributed by atoms with E-state index in [9.17, 15) is 5.11 Å². The minimum absolute atomic E-state index is 0.196. The van der Waals surface area contributed by atoms with E-state index < -0.39 is 12.4 Å². The Labute approximate surface area is 77.5 Å². The van der Waals surface area contributed by atoms with Crippen LogP contribution in [0.15, 0.2) is 0 Å². The van der Waals surface area contributed by atoms with Crippen molar-refractivity contribution < 1.29 is 24.1 Å². The summed E-state index contributed by atoms with van der Waals surface area (Å²) in [6.07, 6.45) is -1.93. The van der Waals surface area contributed by atoms with Crippen LogP contribution in [-0.4, -0.2) is 57.6 Å². The van der Waals surface area contributed by atoms with Gasteiger partial charge in [0.15, 0.2) is 6.29 Å². The molecule has 4 atom stereocenters. The van der Waals surface area contributed by atoms with Crippen molar-refractivity contribution in [1.82, 2.24) is 0 Å². The van der Waals surface area contributed by atoms with Gasteiger partial charge in [-0.1, -0.05) is 0 Å². The van der Waals surface area contributed by atoms with E-state index in [0.717, 1.165) is 0 Å². The van der Waals surface area contributed by atoms with Crippen LogP contribution in [0.25, 0.3) is 0 Å². The smallest absolute Gasteiger partial charge is 0.183 e. The molecule has 0 aromatic heterocycles. The topological polar surface area (TPSA) is 57.2 Å². The fourth-order valence-corrected chi connectivity index (χ4v) is 1.50. The van der Waals surface area contributed by atoms with Crippen molar-refractivity contribution in [3.05, 3.63) is 0 Å². The van der Waals surface area contributed by atoms with Crippen LogP contribution in [0.2, 0.25) is 0 Å². The van der Waals surface area contributed by atoms with E-state index in [0.29, 0.717) is 6.61 Å². The van der Waals surface area contributed by atoms with Crippen LogP contribution in [0.1, 0.15) is 0 Å². The number of ether oxygens (including phenoxy) is 4. The van der Waals surface area contributed by atoms with Gasteiger partial charge in [0.25, 0.3) is 0 Å². The van der Waals surface area contributed by atoms with E-state index in [1.54, 1.807) is 14.2 Å². The van der Waals surface area contributed by atoms with Gasteiger partial charge in [-0.15, -0.1) is 0 Å². The van der Waals surface area contributed by atoms with Crippen LogP contribution in [0.4, 0.5) is 0 Å². The SMILES string of the molecule is COC1C(O)OC[C@@H](OC)[C@@H]1OC. The van der Waals surface area contributed by atoms with Crippen molar-refractivity contribution in [3.63, 3.8) is 0 Å². The normalized spacial score (nSPS) is 40.6. The largest absolute Gasteiger partial charge is 0.376 e. The van der Waals surface area contributed by atoms with E-state index in [-0.39, 0.29) is 12.2 Å². The van der Waals surface area contributed by atoms with Gasteiger partial charge in [0.1, 0.15) is 18.3 Å². The fraction of sp³-hybridized carbons (Fsp3) is 1.00. The maximum atomic E-state index is 9.40. The minimum Gasteiger partial charge on any atom is -0.376 e. The van der Waals surface area contributed by atoms with E-state index in [1.165, 1.54) is 7.11 Å². The average Bonchev–Trinajstić information content (AvgIpc) is 2.17. The summed E-state index contributed by atoms with van der Waals surface area (Å²) in [5.74, 6) is 0. The Bertz CT molecular complexity index is 151. The van der Waals surface area contributed by atoms with Gasteiger partial charge in [-0.05, 0) is 0 Å². The summed E-state index contributed by atoms with van der Waals surface area (Å²) in [6, 6.07) is 0. The third-order valence-corrected chi connectivity index (χ3v) is 2.25. The number of hydrogen-bond acceptors (Lipinski definition) is 5. The molecule has 0 aliphatic carbocycles. The fourth-order valence-electron chi connectivity index (χ4n) is 1.50. The Morgan fingerprint density at radius 2 is 1.69 bits per heavy atom. The molecule has 78 valence electrons. The standard InChI is InChI=1S/C8H16O5/c1-10-5-4-13-8(9)7(12-3)6(5)11-2/h5-9H,4H2,1-3H3/t5-,6+,7?,8?/m1/s1. The first-order valence-corrected chi connectivity index (χ1v) is 4.12. The number of methoxy groups -OCH3 is 3. The number of rotatable bonds is 3. The second-order valence-electron chi connectivity index (χ2n) is 2.90. The van der Waals surface area contributed by atoms with Crippen molar-refractivity contribution in [2.75, 3.05) is 27.9 Å². The molecule has 1 heterocycles. The van der Waals surface area contributed by atoms with Crippen molar-refractivity contribution in [3.8, 4) is 0 Å². The van der Waals surface area contributed by atoms with Crippen LogP contribution in [0.3, 0.4) is 0 Å². The summed E-state index contributed by atoms with van der Waals surface area (Å²) in [5, 5.41) is 9.40. The van der Waals surface area contributed by atoms with E-state index in [2.05, 4.69) is 0 Å². The molecule has 5 nitrogen and oxygen atoms in total. The highest BCUT2D eigenvalue weighted by molar-refractivity contribution is 4.85. The second kappa shape index (κ2) is 4.88. The summed E-state index contributed by atoms with van der Waals surface area (Å²) in [6.45, 7) is 0.316. The highest BCUT2D eigenvalue weighted by Gasteiger charge is 2.40. The first kappa shape index (κ1) is 10.9. The summed E-state index contributed by atoms with van der Waals surface area (Å²) in [4.78, 5) is 0. The maximum absolute atomic E-state index is 9.40. The first-order valence-electron chi connectivity index (χ1n) is 4.12. The quantitative estimate of drug-likeness (QED) is 0.646. The molecule has 0 spiro atoms. The predicted molar refractivity (Wildman–Crippen MR) is 44.3 cm³/mol. The molecule has 1 saturated heterocycles. The zero-order valence-corrected chi connectivity index (χ0v) is 8.10. The monoisotopic (exact) mass is 192 g/mol. The second-order valence-corrected chi connectivity index (χ2v) is 2.90. The molecule has 0 bridgehead atoms. The van der Waals surface area contributed by atoms with Crippen molar-refractivity contribution in [2.24, 2.45) is 0 Å². The Kier molecular flexibility index (Phi) is 4.08. The molecule has 0 saturated carbocycles. The highest BCUT2D eigenvalue weighted by atomic mass is 16.7. The van der Waals surface area contributed by atoms with Crippen LogP contribution >= 0.6 is 0 Å². The summed E-state index contributed by atoms with van der Waals surface area (Å²) < 4.78 is 20.4. The van der Waals surface area contributed by atoms with Crippen molar-refractivity contribution >= 4 is 0 Å². The molecule has 1 rings (SSSR count). The van der Waals surface area contributed by atoms with Gasteiger partial charge in [-0.2, -0.15) is 0 Å². The summed E-state index contributed by atoms with van der Waals surface area (Å²) in [7, 11) is 4.63. The summed E-state index contributed by atoms with van der Waals surface area (Å²) >= 11 is 0. The zero-order valence-electron chi connectivity index (χ0n) is 8.10. The molecule has 13 heavy (non-hydrogen) atoms. The maximum Gasteiger partial charge on any atom is 0.183 e. The Balaban J connectivity index is 2.64. The first-order chi connectivity index (χ1) is 6.24. The number of hydrogen-bond donors (Lipinski definition) is 1. The molecule has 0 aromatic carbocycles. The molecule has 1 N–H and O–H groups in total. The molecule has 0 radical (unpaired) electrons. The third-order valence-electron chi connectivity index (χ3n) is 2.25. The van der Waals surface area contributed by atoms with Crippen LogP contribution in [0, 0.1) is 0 Å². The van der Waals surface area contributed by atoms with Gasteiger partial charge in [-0.25, -0.2) is 0 Å². The van der Waals surface area contributed by atoms with Gasteiger partial charge in [0.05, 0.1) is 6.61 Å². The number of aliphatic hydroxyl groups is 1. The molecular weight excluding hydrogens is 176 g/mol. The molecule has 5 heteroatoms. The molecule has 0 amide bonds. The number of aliphatic hydroxyl groups excluding tert-OH is 1. The van der Waals surface area contributed by atoms with E-state index in [1.807, 2.05) is 0 Å². The van der Waals surface area contributed by atoms with Gasteiger partial charge in [0, 0.05) is 21.3 Å². The molecule has 1 aliphatic rings. The molecule has 0 aromatic rings.